The van der Waals surface area contributed by atoms with Crippen LogP contribution in [0.5, 0.6) is 0 Å². The highest BCUT2D eigenvalue weighted by Gasteiger charge is 2.17. The van der Waals surface area contributed by atoms with E-state index in [1.807, 2.05) is 11.0 Å². The summed E-state index contributed by atoms with van der Waals surface area (Å²) in [7, 11) is 0. The van der Waals surface area contributed by atoms with Crippen molar-refractivity contribution in [2.45, 2.75) is 25.7 Å². The summed E-state index contributed by atoms with van der Waals surface area (Å²) in [5.41, 5.74) is 3.10. The second-order valence-corrected chi connectivity index (χ2v) is 4.94. The van der Waals surface area contributed by atoms with Crippen LogP contribution in [0.15, 0.2) is 29.4 Å². The third-order valence-electron chi connectivity index (χ3n) is 3.37. The molecule has 21 heavy (non-hydrogen) atoms. The van der Waals surface area contributed by atoms with E-state index in [0.717, 1.165) is 38.8 Å². The summed E-state index contributed by atoms with van der Waals surface area (Å²) >= 11 is 0. The molecule has 0 saturated carbocycles. The van der Waals surface area contributed by atoms with Crippen molar-refractivity contribution in [3.05, 3.63) is 30.1 Å². The highest BCUT2D eigenvalue weighted by atomic mass is 19.1. The fourth-order valence-corrected chi connectivity index (χ4v) is 2.25. The van der Waals surface area contributed by atoms with Gasteiger partial charge in [-0.25, -0.2) is 4.39 Å². The molecule has 0 unspecified atom stereocenters. The number of anilines is 1. The highest BCUT2D eigenvalue weighted by Crippen LogP contribution is 2.11. The second kappa shape index (κ2) is 7.39. The van der Waals surface area contributed by atoms with Gasteiger partial charge in [0.2, 0.25) is 5.71 Å². The molecular weight excluding hydrogens is 269 g/mol. The number of likely N-dealkylation sites (tertiary alicyclic amines) is 1. The van der Waals surface area contributed by atoms with Crippen LogP contribution in [0.4, 0.5) is 10.1 Å². The quantitative estimate of drug-likeness (QED) is 0.510. The molecule has 2 rings (SSSR count). The Morgan fingerprint density at radius 1 is 1.29 bits per heavy atom. The van der Waals surface area contributed by atoms with Crippen LogP contribution in [0.3, 0.4) is 0 Å². The predicted octanol–water partition coefficient (Wildman–Crippen LogP) is 2.97. The zero-order valence-electron chi connectivity index (χ0n) is 11.8. The van der Waals surface area contributed by atoms with E-state index >= 15 is 0 Å². The Morgan fingerprint density at radius 2 is 2.00 bits per heavy atom. The second-order valence-electron chi connectivity index (χ2n) is 4.94. The smallest absolute Gasteiger partial charge is 0.202 e. The van der Waals surface area contributed by atoms with Crippen LogP contribution < -0.4 is 5.43 Å². The van der Waals surface area contributed by atoms with Gasteiger partial charge in [0.1, 0.15) is 11.9 Å². The highest BCUT2D eigenvalue weighted by molar-refractivity contribution is 6.46. The lowest BCUT2D eigenvalue weighted by atomic mass is 10.2. The fourth-order valence-electron chi connectivity index (χ4n) is 2.25. The molecule has 110 valence electrons. The van der Waals surface area contributed by atoms with Gasteiger partial charge >= 0.3 is 0 Å². The third-order valence-corrected chi connectivity index (χ3v) is 3.37. The number of benzene rings is 1. The Bertz CT molecular complexity index is 568. The maximum atomic E-state index is 13.1. The SMILES string of the molecule is N#C/C(=N/Nc1cccc(F)c1)C(=N)N1CCCCCC1. The molecule has 1 aliphatic heterocycles. The third kappa shape index (κ3) is 4.28. The molecule has 1 heterocycles. The normalized spacial score (nSPS) is 16.0. The summed E-state index contributed by atoms with van der Waals surface area (Å²) < 4.78 is 13.1. The van der Waals surface area contributed by atoms with Crippen LogP contribution in [0.2, 0.25) is 0 Å². The maximum Gasteiger partial charge on any atom is 0.202 e. The van der Waals surface area contributed by atoms with Gasteiger partial charge in [0, 0.05) is 13.1 Å². The van der Waals surface area contributed by atoms with Gasteiger partial charge in [-0.15, -0.1) is 0 Å². The minimum atomic E-state index is -0.378. The molecule has 5 nitrogen and oxygen atoms in total. The van der Waals surface area contributed by atoms with Gasteiger partial charge in [-0.3, -0.25) is 10.8 Å². The van der Waals surface area contributed by atoms with Crippen molar-refractivity contribution in [1.82, 2.24) is 4.90 Å². The van der Waals surface area contributed by atoms with Gasteiger partial charge in [0.05, 0.1) is 5.69 Å². The number of hydrazone groups is 1. The van der Waals surface area contributed by atoms with E-state index in [1.165, 1.54) is 12.1 Å². The average molecular weight is 287 g/mol. The molecule has 1 aromatic rings. The van der Waals surface area contributed by atoms with Gasteiger partial charge in [-0.2, -0.15) is 10.4 Å². The van der Waals surface area contributed by atoms with Crippen molar-refractivity contribution < 1.29 is 4.39 Å². The first-order valence-corrected chi connectivity index (χ1v) is 7.04. The fraction of sp³-hybridized carbons (Fsp3) is 0.400. The van der Waals surface area contributed by atoms with E-state index in [2.05, 4.69) is 10.5 Å². The van der Waals surface area contributed by atoms with Crippen molar-refractivity contribution in [1.29, 1.82) is 10.7 Å². The summed E-state index contributed by atoms with van der Waals surface area (Å²) in [4.78, 5) is 1.88. The Hall–Kier alpha value is -2.42. The Balaban J connectivity index is 2.05. The Labute approximate surface area is 123 Å². The number of amidine groups is 1. The van der Waals surface area contributed by atoms with Crippen molar-refractivity contribution in [3.63, 3.8) is 0 Å². The summed E-state index contributed by atoms with van der Waals surface area (Å²) in [5, 5.41) is 21.2. The van der Waals surface area contributed by atoms with Crippen molar-refractivity contribution in [2.75, 3.05) is 18.5 Å². The van der Waals surface area contributed by atoms with Crippen molar-refractivity contribution in [3.8, 4) is 6.07 Å². The van der Waals surface area contributed by atoms with Crippen molar-refractivity contribution >= 4 is 17.2 Å². The molecule has 0 atom stereocenters. The molecule has 0 aromatic heterocycles. The summed E-state index contributed by atoms with van der Waals surface area (Å²) in [5.74, 6) is -0.250. The lowest BCUT2D eigenvalue weighted by molar-refractivity contribution is 0.438. The van der Waals surface area contributed by atoms with Crippen LogP contribution in [0, 0.1) is 22.6 Å². The van der Waals surface area contributed by atoms with E-state index in [-0.39, 0.29) is 17.4 Å². The largest absolute Gasteiger partial charge is 0.355 e. The minimum absolute atomic E-state index is 0.0150. The lowest BCUT2D eigenvalue weighted by Gasteiger charge is -2.21. The lowest BCUT2D eigenvalue weighted by Crippen LogP contribution is -2.36. The molecule has 2 N–H and O–H groups in total. The summed E-state index contributed by atoms with van der Waals surface area (Å²) in [6.07, 6.45) is 4.37. The van der Waals surface area contributed by atoms with E-state index < -0.39 is 0 Å². The average Bonchev–Trinajstić information content (AvgIpc) is 2.77. The van der Waals surface area contributed by atoms with Crippen LogP contribution in [-0.2, 0) is 0 Å². The number of nitrogens with zero attached hydrogens (tertiary/aromatic N) is 3. The van der Waals surface area contributed by atoms with Gasteiger partial charge < -0.3 is 4.90 Å². The van der Waals surface area contributed by atoms with Crippen LogP contribution in [0.1, 0.15) is 25.7 Å². The minimum Gasteiger partial charge on any atom is -0.355 e. The number of hydrogen-bond donors (Lipinski definition) is 2. The summed E-state index contributed by atoms with van der Waals surface area (Å²) in [6, 6.07) is 7.76. The van der Waals surface area contributed by atoms with Gasteiger partial charge in [-0.1, -0.05) is 18.9 Å². The monoisotopic (exact) mass is 287 g/mol. The number of hydrogen-bond acceptors (Lipinski definition) is 4. The van der Waals surface area contributed by atoms with Crippen LogP contribution in [-0.4, -0.2) is 29.5 Å². The Kier molecular flexibility index (Phi) is 5.27. The Morgan fingerprint density at radius 3 is 2.62 bits per heavy atom. The van der Waals surface area contributed by atoms with E-state index in [1.54, 1.807) is 12.1 Å². The zero-order valence-corrected chi connectivity index (χ0v) is 11.8. The van der Waals surface area contributed by atoms with Crippen LogP contribution in [0.25, 0.3) is 0 Å². The molecule has 0 aliphatic carbocycles. The standard InChI is InChI=1S/C15H18FN5/c16-12-6-5-7-13(10-12)19-20-14(11-17)15(18)21-8-3-1-2-4-9-21/h5-7,10,18-19H,1-4,8-9H2/b18-15?,20-14-. The predicted molar refractivity (Wildman–Crippen MR) is 80.8 cm³/mol. The molecule has 0 amide bonds. The zero-order chi connectivity index (χ0) is 15.1. The van der Waals surface area contributed by atoms with Crippen LogP contribution >= 0.6 is 0 Å². The molecule has 0 bridgehead atoms. The van der Waals surface area contributed by atoms with Gasteiger partial charge in [0.15, 0.2) is 5.84 Å². The van der Waals surface area contributed by atoms with E-state index in [0.29, 0.717) is 5.69 Å². The molecule has 0 radical (unpaired) electrons. The van der Waals surface area contributed by atoms with Crippen molar-refractivity contribution in [2.24, 2.45) is 5.10 Å². The molecule has 1 aliphatic rings. The van der Waals surface area contributed by atoms with E-state index in [9.17, 15) is 4.39 Å². The molecule has 1 fully saturated rings. The summed E-state index contributed by atoms with van der Waals surface area (Å²) in [6.45, 7) is 1.55. The van der Waals surface area contributed by atoms with Gasteiger partial charge in [0.25, 0.3) is 0 Å². The molecule has 1 aromatic carbocycles. The first-order valence-electron chi connectivity index (χ1n) is 7.04. The number of nitrogens with one attached hydrogen (secondary N) is 2. The number of rotatable bonds is 3. The first-order chi connectivity index (χ1) is 10.2. The maximum absolute atomic E-state index is 13.1. The number of halogens is 1. The van der Waals surface area contributed by atoms with Gasteiger partial charge in [-0.05, 0) is 31.0 Å². The molecule has 0 spiro atoms. The van der Waals surface area contributed by atoms with E-state index in [4.69, 9.17) is 10.7 Å². The first kappa shape index (κ1) is 15.0. The molecular formula is C15H18FN5. The molecule has 6 heteroatoms. The molecule has 1 saturated heterocycles. The number of nitriles is 1. The topological polar surface area (TPSA) is 75.3 Å².